The fourth-order valence-corrected chi connectivity index (χ4v) is 3.39. The van der Waals surface area contributed by atoms with E-state index in [0.29, 0.717) is 37.1 Å². The molecule has 28 heavy (non-hydrogen) atoms. The number of benzene rings is 1. The van der Waals surface area contributed by atoms with Crippen LogP contribution in [0.4, 0.5) is 4.79 Å². The smallest absolute Gasteiger partial charge is 0.317 e. The van der Waals surface area contributed by atoms with Crippen molar-refractivity contribution in [2.45, 2.75) is 26.3 Å². The third-order valence-electron chi connectivity index (χ3n) is 5.00. The molecule has 1 aromatic carbocycles. The van der Waals surface area contributed by atoms with E-state index < -0.39 is 0 Å². The zero-order valence-corrected chi connectivity index (χ0v) is 15.8. The maximum Gasteiger partial charge on any atom is 0.317 e. The van der Waals surface area contributed by atoms with Gasteiger partial charge in [0, 0.05) is 44.0 Å². The summed E-state index contributed by atoms with van der Waals surface area (Å²) in [6, 6.07) is 11.9. The number of carbonyl (C=O) groups excluding carboxylic acids is 1. The molecule has 3 heterocycles. The van der Waals surface area contributed by atoms with E-state index in [1.165, 1.54) is 5.56 Å². The van der Waals surface area contributed by atoms with Crippen LogP contribution in [0.3, 0.4) is 0 Å². The van der Waals surface area contributed by atoms with E-state index in [9.17, 15) is 4.79 Å². The minimum atomic E-state index is -0.0198. The first-order valence-corrected chi connectivity index (χ1v) is 9.48. The molecule has 0 saturated carbocycles. The normalized spacial score (nSPS) is 16.3. The minimum Gasteiger partial charge on any atom is -0.334 e. The molecule has 1 fully saturated rings. The third kappa shape index (κ3) is 4.36. The fraction of sp³-hybridized carbons (Fsp3) is 0.333. The van der Waals surface area contributed by atoms with Crippen LogP contribution in [0, 0.1) is 12.8 Å². The van der Waals surface area contributed by atoms with Crippen molar-refractivity contribution >= 4 is 6.03 Å². The summed E-state index contributed by atoms with van der Waals surface area (Å²) in [5.74, 6) is 1.52. The molecule has 0 bridgehead atoms. The van der Waals surface area contributed by atoms with Crippen LogP contribution in [0.1, 0.15) is 23.4 Å². The maximum absolute atomic E-state index is 12.4. The van der Waals surface area contributed by atoms with Crippen LogP contribution >= 0.6 is 0 Å². The number of rotatable bonds is 5. The lowest BCUT2D eigenvalue weighted by Gasteiger charge is -2.17. The topological polar surface area (TPSA) is 84.2 Å². The van der Waals surface area contributed by atoms with Gasteiger partial charge in [-0.25, -0.2) is 4.79 Å². The lowest BCUT2D eigenvalue weighted by atomic mass is 10.1. The summed E-state index contributed by atoms with van der Waals surface area (Å²) < 4.78 is 5.35. The Bertz CT molecular complexity index is 923. The summed E-state index contributed by atoms with van der Waals surface area (Å²) in [4.78, 5) is 22.8. The Morgan fingerprint density at radius 3 is 2.79 bits per heavy atom. The highest BCUT2D eigenvalue weighted by Gasteiger charge is 2.27. The Balaban J connectivity index is 1.27. The first kappa shape index (κ1) is 18.2. The van der Waals surface area contributed by atoms with Gasteiger partial charge in [-0.3, -0.25) is 4.98 Å². The fourth-order valence-electron chi connectivity index (χ4n) is 3.39. The predicted molar refractivity (Wildman–Crippen MR) is 104 cm³/mol. The van der Waals surface area contributed by atoms with Gasteiger partial charge < -0.3 is 14.7 Å². The van der Waals surface area contributed by atoms with Crippen LogP contribution in [-0.4, -0.2) is 39.1 Å². The summed E-state index contributed by atoms with van der Waals surface area (Å²) in [6.45, 7) is 4.05. The molecular formula is C21H23N5O2. The average Bonchev–Trinajstić information content (AvgIpc) is 3.38. The van der Waals surface area contributed by atoms with Crippen molar-refractivity contribution in [2.24, 2.45) is 5.92 Å². The number of amides is 2. The highest BCUT2D eigenvalue weighted by molar-refractivity contribution is 5.74. The zero-order valence-electron chi connectivity index (χ0n) is 15.8. The quantitative estimate of drug-likeness (QED) is 0.738. The largest absolute Gasteiger partial charge is 0.334 e. The van der Waals surface area contributed by atoms with E-state index in [1.54, 1.807) is 12.4 Å². The van der Waals surface area contributed by atoms with Gasteiger partial charge in [0.1, 0.15) is 0 Å². The van der Waals surface area contributed by atoms with Crippen molar-refractivity contribution < 1.29 is 9.32 Å². The molecule has 7 heteroatoms. The summed E-state index contributed by atoms with van der Waals surface area (Å²) in [7, 11) is 0. The molecule has 7 nitrogen and oxygen atoms in total. The Labute approximate surface area is 163 Å². The number of likely N-dealkylation sites (tertiary alicyclic amines) is 1. The van der Waals surface area contributed by atoms with E-state index >= 15 is 0 Å². The van der Waals surface area contributed by atoms with E-state index in [2.05, 4.69) is 39.5 Å². The Hall–Kier alpha value is -3.22. The van der Waals surface area contributed by atoms with Crippen LogP contribution in [0.2, 0.25) is 0 Å². The molecule has 0 radical (unpaired) electrons. The van der Waals surface area contributed by atoms with Crippen LogP contribution in [-0.2, 0) is 13.0 Å². The molecule has 1 unspecified atom stereocenters. The van der Waals surface area contributed by atoms with E-state index in [4.69, 9.17) is 4.52 Å². The number of hydrogen-bond donors (Lipinski definition) is 1. The molecule has 2 aromatic heterocycles. The molecule has 1 aliphatic heterocycles. The highest BCUT2D eigenvalue weighted by Crippen LogP contribution is 2.22. The average molecular weight is 377 g/mol. The Morgan fingerprint density at radius 2 is 2.00 bits per heavy atom. The van der Waals surface area contributed by atoms with Crippen molar-refractivity contribution in [3.05, 3.63) is 65.7 Å². The van der Waals surface area contributed by atoms with E-state index in [0.717, 1.165) is 24.1 Å². The summed E-state index contributed by atoms with van der Waals surface area (Å²) in [6.07, 6.45) is 5.04. The summed E-state index contributed by atoms with van der Waals surface area (Å²) in [5, 5.41) is 7.09. The SMILES string of the molecule is Cc1ccc(CNC(=O)N2CCC(Cc3noc(-c4ccncc4)n3)C2)cc1. The first-order valence-electron chi connectivity index (χ1n) is 9.48. The van der Waals surface area contributed by atoms with Crippen LogP contribution < -0.4 is 5.32 Å². The van der Waals surface area contributed by atoms with Gasteiger partial charge >= 0.3 is 6.03 Å². The number of nitrogens with one attached hydrogen (secondary N) is 1. The van der Waals surface area contributed by atoms with Gasteiger partial charge in [-0.15, -0.1) is 0 Å². The van der Waals surface area contributed by atoms with E-state index in [-0.39, 0.29) is 6.03 Å². The molecule has 2 amide bonds. The van der Waals surface area contributed by atoms with Crippen molar-refractivity contribution in [3.8, 4) is 11.5 Å². The standard InChI is InChI=1S/C21H23N5O2/c1-15-2-4-16(5-3-15)13-23-21(27)26-11-8-17(14-26)12-19-24-20(28-25-19)18-6-9-22-10-7-18/h2-7,9-10,17H,8,11-14H2,1H3,(H,23,27). The van der Waals surface area contributed by atoms with Gasteiger partial charge in [0.05, 0.1) is 0 Å². The summed E-state index contributed by atoms with van der Waals surface area (Å²) >= 11 is 0. The van der Waals surface area contributed by atoms with Crippen LogP contribution in [0.15, 0.2) is 53.3 Å². The third-order valence-corrected chi connectivity index (χ3v) is 5.00. The molecule has 1 saturated heterocycles. The molecule has 144 valence electrons. The summed E-state index contributed by atoms with van der Waals surface area (Å²) in [5.41, 5.74) is 3.17. The number of pyridine rings is 1. The van der Waals surface area contributed by atoms with Gasteiger partial charge in [0.25, 0.3) is 5.89 Å². The minimum absolute atomic E-state index is 0.0198. The molecule has 1 aliphatic rings. The van der Waals surface area contributed by atoms with Gasteiger partial charge in [0.15, 0.2) is 5.82 Å². The second-order valence-electron chi connectivity index (χ2n) is 7.20. The van der Waals surface area contributed by atoms with Crippen LogP contribution in [0.5, 0.6) is 0 Å². The molecule has 4 rings (SSSR count). The molecule has 1 atom stereocenters. The second kappa shape index (κ2) is 8.21. The maximum atomic E-state index is 12.4. The number of carbonyl (C=O) groups is 1. The Kier molecular flexibility index (Phi) is 5.32. The zero-order chi connectivity index (χ0) is 19.3. The number of urea groups is 1. The van der Waals surface area contributed by atoms with Crippen molar-refractivity contribution in [1.82, 2.24) is 25.3 Å². The number of aryl methyl sites for hydroxylation is 1. The van der Waals surface area contributed by atoms with E-state index in [1.807, 2.05) is 29.2 Å². The van der Waals surface area contributed by atoms with Crippen molar-refractivity contribution in [3.63, 3.8) is 0 Å². The monoisotopic (exact) mass is 377 g/mol. The lowest BCUT2D eigenvalue weighted by molar-refractivity contribution is 0.206. The Morgan fingerprint density at radius 1 is 1.21 bits per heavy atom. The second-order valence-corrected chi connectivity index (χ2v) is 7.20. The number of aromatic nitrogens is 3. The molecule has 1 N–H and O–H groups in total. The number of hydrogen-bond acceptors (Lipinski definition) is 5. The van der Waals surface area contributed by atoms with Crippen molar-refractivity contribution in [1.29, 1.82) is 0 Å². The van der Waals surface area contributed by atoms with Crippen LogP contribution in [0.25, 0.3) is 11.5 Å². The lowest BCUT2D eigenvalue weighted by Crippen LogP contribution is -2.38. The van der Waals surface area contributed by atoms with Gasteiger partial charge in [-0.2, -0.15) is 4.98 Å². The number of nitrogens with zero attached hydrogens (tertiary/aromatic N) is 4. The van der Waals surface area contributed by atoms with Gasteiger partial charge in [-0.05, 0) is 37.0 Å². The van der Waals surface area contributed by atoms with Gasteiger partial charge in [0.2, 0.25) is 0 Å². The molecule has 3 aromatic rings. The van der Waals surface area contributed by atoms with Crippen molar-refractivity contribution in [2.75, 3.05) is 13.1 Å². The molecule has 0 spiro atoms. The van der Waals surface area contributed by atoms with Gasteiger partial charge in [-0.1, -0.05) is 35.0 Å². The molecule has 0 aliphatic carbocycles. The predicted octanol–water partition coefficient (Wildman–Crippen LogP) is 3.21. The molecular weight excluding hydrogens is 354 g/mol. The highest BCUT2D eigenvalue weighted by atomic mass is 16.5. The first-order chi connectivity index (χ1) is 13.7.